The molecule has 0 aromatic rings. The molecule has 0 spiro atoms. The molecule has 52 valence electrons. The van der Waals surface area contributed by atoms with Crippen molar-refractivity contribution in [3.63, 3.8) is 0 Å². The van der Waals surface area contributed by atoms with E-state index < -0.39 is 0 Å². The number of rotatable bonds is 1. The smallest absolute Gasteiger partial charge is 0.205 e. The van der Waals surface area contributed by atoms with Crippen molar-refractivity contribution in [1.82, 2.24) is 5.32 Å². The van der Waals surface area contributed by atoms with Gasteiger partial charge in [-0.15, -0.1) is 12.6 Å². The summed E-state index contributed by atoms with van der Waals surface area (Å²) < 4.78 is 5.01. The van der Waals surface area contributed by atoms with Gasteiger partial charge in [-0.1, -0.05) is 0 Å². The van der Waals surface area contributed by atoms with Gasteiger partial charge in [0.1, 0.15) is 6.04 Å². The highest BCUT2D eigenvalue weighted by molar-refractivity contribution is 7.96. The molecule has 1 N–H and O–H groups in total. The molecule has 0 saturated carbocycles. The maximum Gasteiger partial charge on any atom is 0.205 e. The Morgan fingerprint density at radius 1 is 1.78 bits per heavy atom. The molecule has 1 fully saturated rings. The summed E-state index contributed by atoms with van der Waals surface area (Å²) in [7, 11) is 0. The minimum absolute atomic E-state index is 0.144. The molecule has 1 aliphatic heterocycles. The third-order valence-corrected chi connectivity index (χ3v) is 1.53. The number of hydrogen-bond acceptors (Lipinski definition) is 3. The van der Waals surface area contributed by atoms with Gasteiger partial charge in [0.15, 0.2) is 0 Å². The lowest BCUT2D eigenvalue weighted by Gasteiger charge is -2.20. The van der Waals surface area contributed by atoms with Crippen LogP contribution in [0.4, 0.5) is 0 Å². The molecular formula is C5H9NO2S. The molecule has 1 rings (SSSR count). The van der Waals surface area contributed by atoms with Crippen molar-refractivity contribution >= 4 is 17.7 Å². The highest BCUT2D eigenvalue weighted by atomic mass is 32.1. The molecule has 1 saturated heterocycles. The van der Waals surface area contributed by atoms with E-state index in [1.165, 1.54) is 0 Å². The van der Waals surface area contributed by atoms with Gasteiger partial charge in [-0.3, -0.25) is 4.79 Å². The van der Waals surface area contributed by atoms with Crippen LogP contribution < -0.4 is 5.32 Å². The van der Waals surface area contributed by atoms with Crippen LogP contribution >= 0.6 is 12.6 Å². The SMILES string of the molecule is O=C(S)C1COCCN1. The van der Waals surface area contributed by atoms with Gasteiger partial charge in [0, 0.05) is 6.54 Å². The van der Waals surface area contributed by atoms with Crippen LogP contribution in [0.2, 0.25) is 0 Å². The molecule has 0 aromatic heterocycles. The predicted molar refractivity (Wildman–Crippen MR) is 36.6 cm³/mol. The fourth-order valence-corrected chi connectivity index (χ4v) is 0.890. The summed E-state index contributed by atoms with van der Waals surface area (Å²) in [6.07, 6.45) is 0. The Morgan fingerprint density at radius 3 is 2.89 bits per heavy atom. The summed E-state index contributed by atoms with van der Waals surface area (Å²) in [5.74, 6) is 0. The lowest BCUT2D eigenvalue weighted by molar-refractivity contribution is -0.115. The summed E-state index contributed by atoms with van der Waals surface area (Å²) in [4.78, 5) is 10.5. The third-order valence-electron chi connectivity index (χ3n) is 1.22. The maximum atomic E-state index is 10.5. The largest absolute Gasteiger partial charge is 0.378 e. The van der Waals surface area contributed by atoms with E-state index in [4.69, 9.17) is 4.74 Å². The molecule has 0 aromatic carbocycles. The number of hydrogen-bond donors (Lipinski definition) is 2. The molecule has 0 radical (unpaired) electrons. The molecule has 1 heterocycles. The number of ether oxygens (including phenoxy) is 1. The first-order chi connectivity index (χ1) is 4.30. The van der Waals surface area contributed by atoms with Crippen LogP contribution in [0.1, 0.15) is 0 Å². The fourth-order valence-electron chi connectivity index (χ4n) is 0.724. The van der Waals surface area contributed by atoms with E-state index in [0.717, 1.165) is 6.54 Å². The average molecular weight is 147 g/mol. The van der Waals surface area contributed by atoms with Crippen molar-refractivity contribution in [2.45, 2.75) is 6.04 Å². The standard InChI is InChI=1S/C5H9NO2S/c7-5(9)4-3-8-2-1-6-4/h4,6H,1-3H2,(H,7,9). The van der Waals surface area contributed by atoms with Crippen LogP contribution in [0, 0.1) is 0 Å². The maximum absolute atomic E-state index is 10.5. The molecule has 9 heavy (non-hydrogen) atoms. The van der Waals surface area contributed by atoms with Crippen molar-refractivity contribution in [2.24, 2.45) is 0 Å². The van der Waals surface area contributed by atoms with Gasteiger partial charge in [0.05, 0.1) is 13.2 Å². The lowest BCUT2D eigenvalue weighted by atomic mass is 10.3. The second kappa shape index (κ2) is 3.20. The van der Waals surface area contributed by atoms with E-state index in [9.17, 15) is 4.79 Å². The Morgan fingerprint density at radius 2 is 2.56 bits per heavy atom. The highest BCUT2D eigenvalue weighted by Gasteiger charge is 2.17. The topological polar surface area (TPSA) is 38.3 Å². The van der Waals surface area contributed by atoms with Gasteiger partial charge in [0.25, 0.3) is 0 Å². The van der Waals surface area contributed by atoms with E-state index in [1.54, 1.807) is 0 Å². The zero-order chi connectivity index (χ0) is 6.69. The highest BCUT2D eigenvalue weighted by Crippen LogP contribution is 1.95. The first-order valence-corrected chi connectivity index (χ1v) is 3.29. The van der Waals surface area contributed by atoms with E-state index in [2.05, 4.69) is 17.9 Å². The minimum Gasteiger partial charge on any atom is -0.378 e. The summed E-state index contributed by atoms with van der Waals surface area (Å²) in [6.45, 7) is 1.90. The van der Waals surface area contributed by atoms with Crippen LogP contribution in [-0.2, 0) is 9.53 Å². The number of carbonyl (C=O) groups is 1. The van der Waals surface area contributed by atoms with Gasteiger partial charge in [-0.2, -0.15) is 0 Å². The summed E-state index contributed by atoms with van der Waals surface area (Å²) >= 11 is 3.66. The second-order valence-electron chi connectivity index (χ2n) is 1.92. The monoisotopic (exact) mass is 147 g/mol. The minimum atomic E-state index is -0.193. The molecule has 1 aliphatic rings. The normalized spacial score (nSPS) is 27.9. The second-order valence-corrected chi connectivity index (χ2v) is 2.36. The summed E-state index contributed by atoms with van der Waals surface area (Å²) in [6, 6.07) is -0.193. The molecule has 1 atom stereocenters. The fraction of sp³-hybridized carbons (Fsp3) is 0.800. The Labute approximate surface area is 59.2 Å². The van der Waals surface area contributed by atoms with Crippen molar-refractivity contribution in [2.75, 3.05) is 19.8 Å². The zero-order valence-electron chi connectivity index (χ0n) is 4.96. The van der Waals surface area contributed by atoms with Crippen molar-refractivity contribution < 1.29 is 9.53 Å². The molecule has 0 amide bonds. The zero-order valence-corrected chi connectivity index (χ0v) is 5.86. The van der Waals surface area contributed by atoms with Crippen molar-refractivity contribution in [3.8, 4) is 0 Å². The number of nitrogens with one attached hydrogen (secondary N) is 1. The quantitative estimate of drug-likeness (QED) is 0.488. The average Bonchev–Trinajstić information content (AvgIpc) is 1.90. The lowest BCUT2D eigenvalue weighted by Crippen LogP contribution is -2.44. The van der Waals surface area contributed by atoms with E-state index >= 15 is 0 Å². The van der Waals surface area contributed by atoms with Gasteiger partial charge < -0.3 is 10.1 Å². The molecule has 1 unspecified atom stereocenters. The Hall–Kier alpha value is -0.0600. The van der Waals surface area contributed by atoms with Gasteiger partial charge in [0.2, 0.25) is 5.12 Å². The summed E-state index contributed by atoms with van der Waals surface area (Å²) in [5.41, 5.74) is 0. The van der Waals surface area contributed by atoms with E-state index in [1.807, 2.05) is 0 Å². The Bertz CT molecular complexity index is 112. The predicted octanol–water partition coefficient (Wildman–Crippen LogP) is -0.569. The van der Waals surface area contributed by atoms with Crippen LogP contribution in [0.3, 0.4) is 0 Å². The molecule has 4 heteroatoms. The van der Waals surface area contributed by atoms with Crippen LogP contribution in [0.25, 0.3) is 0 Å². The van der Waals surface area contributed by atoms with E-state index in [-0.39, 0.29) is 11.2 Å². The first kappa shape index (κ1) is 7.05. The van der Waals surface area contributed by atoms with Gasteiger partial charge in [-0.05, 0) is 0 Å². The number of morpholine rings is 1. The third kappa shape index (κ3) is 1.97. The van der Waals surface area contributed by atoms with Crippen LogP contribution in [-0.4, -0.2) is 30.9 Å². The number of thiol groups is 1. The van der Waals surface area contributed by atoms with E-state index in [0.29, 0.717) is 13.2 Å². The number of carbonyl (C=O) groups excluding carboxylic acids is 1. The molecule has 0 aliphatic carbocycles. The first-order valence-electron chi connectivity index (χ1n) is 2.84. The Kier molecular flexibility index (Phi) is 2.50. The van der Waals surface area contributed by atoms with Gasteiger partial charge >= 0.3 is 0 Å². The van der Waals surface area contributed by atoms with Gasteiger partial charge in [-0.25, -0.2) is 0 Å². The van der Waals surface area contributed by atoms with Crippen LogP contribution in [0.15, 0.2) is 0 Å². The molecule has 0 bridgehead atoms. The van der Waals surface area contributed by atoms with Crippen LogP contribution in [0.5, 0.6) is 0 Å². The summed E-state index contributed by atoms with van der Waals surface area (Å²) in [5, 5.41) is 2.82. The Balaban J connectivity index is 2.31. The van der Waals surface area contributed by atoms with Crippen molar-refractivity contribution in [3.05, 3.63) is 0 Å². The molecular weight excluding hydrogens is 138 g/mol. The molecule has 3 nitrogen and oxygen atoms in total. The van der Waals surface area contributed by atoms with Crippen molar-refractivity contribution in [1.29, 1.82) is 0 Å².